The van der Waals surface area contributed by atoms with Gasteiger partial charge in [-0.2, -0.15) is 0 Å². The van der Waals surface area contributed by atoms with Crippen molar-refractivity contribution in [2.24, 2.45) is 0 Å². The Kier molecular flexibility index (Phi) is 5.83. The molecule has 1 fully saturated rings. The van der Waals surface area contributed by atoms with Gasteiger partial charge < -0.3 is 15.4 Å². The Labute approximate surface area is 154 Å². The monoisotopic (exact) mass is 402 g/mol. The summed E-state index contributed by atoms with van der Waals surface area (Å²) >= 11 is 3.34. The number of carbonyl (C=O) groups excluding carboxylic acids is 2. The molecule has 3 rings (SSSR count). The van der Waals surface area contributed by atoms with Crippen molar-refractivity contribution in [2.75, 3.05) is 18.5 Å². The summed E-state index contributed by atoms with van der Waals surface area (Å²) in [5.74, 6) is -0.389. The summed E-state index contributed by atoms with van der Waals surface area (Å²) in [5, 5.41) is 5.69. The third kappa shape index (κ3) is 4.90. The largest absolute Gasteiger partial charge is 0.376 e. The third-order valence-electron chi connectivity index (χ3n) is 4.00. The molecule has 2 aromatic carbocycles. The number of anilines is 1. The SMILES string of the molecule is O=C(NC[C@H]1CCCO1)c1cccc(NC(=O)c2ccc(Br)cc2)c1. The molecule has 130 valence electrons. The lowest BCUT2D eigenvalue weighted by Gasteiger charge is -2.11. The summed E-state index contributed by atoms with van der Waals surface area (Å²) in [5.41, 5.74) is 1.64. The average Bonchev–Trinajstić information content (AvgIpc) is 3.14. The molecular formula is C19H19BrN2O3. The van der Waals surface area contributed by atoms with E-state index in [9.17, 15) is 9.59 Å². The molecule has 0 radical (unpaired) electrons. The van der Waals surface area contributed by atoms with Gasteiger partial charge in [-0.05, 0) is 55.3 Å². The highest BCUT2D eigenvalue weighted by Crippen LogP contribution is 2.15. The van der Waals surface area contributed by atoms with Crippen molar-refractivity contribution < 1.29 is 14.3 Å². The Hall–Kier alpha value is -2.18. The maximum Gasteiger partial charge on any atom is 0.255 e. The highest BCUT2D eigenvalue weighted by molar-refractivity contribution is 9.10. The Morgan fingerprint density at radius 3 is 2.60 bits per heavy atom. The van der Waals surface area contributed by atoms with E-state index in [2.05, 4.69) is 26.6 Å². The average molecular weight is 403 g/mol. The number of amides is 2. The van der Waals surface area contributed by atoms with E-state index in [0.717, 1.165) is 23.9 Å². The van der Waals surface area contributed by atoms with Crippen molar-refractivity contribution in [3.8, 4) is 0 Å². The zero-order valence-electron chi connectivity index (χ0n) is 13.6. The quantitative estimate of drug-likeness (QED) is 0.802. The van der Waals surface area contributed by atoms with Crippen molar-refractivity contribution in [2.45, 2.75) is 18.9 Å². The lowest BCUT2D eigenvalue weighted by Crippen LogP contribution is -2.31. The summed E-state index contributed by atoms with van der Waals surface area (Å²) in [6, 6.07) is 14.0. The van der Waals surface area contributed by atoms with E-state index in [-0.39, 0.29) is 17.9 Å². The van der Waals surface area contributed by atoms with E-state index in [1.165, 1.54) is 0 Å². The fourth-order valence-corrected chi connectivity index (χ4v) is 2.92. The fraction of sp³-hybridized carbons (Fsp3) is 0.263. The first-order chi connectivity index (χ1) is 12.1. The maximum absolute atomic E-state index is 12.3. The van der Waals surface area contributed by atoms with Gasteiger partial charge in [0.15, 0.2) is 0 Å². The van der Waals surface area contributed by atoms with Gasteiger partial charge in [-0.1, -0.05) is 22.0 Å². The number of ether oxygens (including phenoxy) is 1. The Bertz CT molecular complexity index is 756. The number of nitrogens with one attached hydrogen (secondary N) is 2. The van der Waals surface area contributed by atoms with E-state index in [0.29, 0.717) is 23.4 Å². The van der Waals surface area contributed by atoms with Crippen LogP contribution in [0.3, 0.4) is 0 Å². The molecule has 0 aliphatic carbocycles. The van der Waals surface area contributed by atoms with Crippen LogP contribution in [0.1, 0.15) is 33.6 Å². The van der Waals surface area contributed by atoms with Gasteiger partial charge in [-0.15, -0.1) is 0 Å². The topological polar surface area (TPSA) is 67.4 Å². The lowest BCUT2D eigenvalue weighted by molar-refractivity contribution is 0.0857. The molecular weight excluding hydrogens is 384 g/mol. The Morgan fingerprint density at radius 1 is 1.08 bits per heavy atom. The number of carbonyl (C=O) groups is 2. The molecule has 25 heavy (non-hydrogen) atoms. The van der Waals surface area contributed by atoms with E-state index in [1.54, 1.807) is 36.4 Å². The van der Waals surface area contributed by atoms with Crippen LogP contribution in [0.4, 0.5) is 5.69 Å². The molecule has 0 saturated carbocycles. The Morgan fingerprint density at radius 2 is 1.88 bits per heavy atom. The van der Waals surface area contributed by atoms with Crippen LogP contribution in [0.15, 0.2) is 53.0 Å². The van der Waals surface area contributed by atoms with Crippen molar-refractivity contribution >= 4 is 33.4 Å². The van der Waals surface area contributed by atoms with E-state index >= 15 is 0 Å². The first kappa shape index (κ1) is 17.6. The maximum atomic E-state index is 12.3. The minimum absolute atomic E-state index is 0.101. The molecule has 6 heteroatoms. The minimum Gasteiger partial charge on any atom is -0.376 e. The van der Waals surface area contributed by atoms with Crippen LogP contribution in [0, 0.1) is 0 Å². The van der Waals surface area contributed by atoms with E-state index in [4.69, 9.17) is 4.74 Å². The number of halogens is 1. The molecule has 5 nitrogen and oxygen atoms in total. The van der Waals surface area contributed by atoms with Gasteiger partial charge in [0.2, 0.25) is 0 Å². The molecule has 0 bridgehead atoms. The molecule has 0 spiro atoms. The van der Waals surface area contributed by atoms with Gasteiger partial charge in [-0.25, -0.2) is 0 Å². The summed E-state index contributed by atoms with van der Waals surface area (Å²) in [6.07, 6.45) is 2.12. The standard InChI is InChI=1S/C19H19BrN2O3/c20-15-8-6-13(7-9-15)19(24)22-16-4-1-3-14(11-16)18(23)21-12-17-5-2-10-25-17/h1,3-4,6-9,11,17H,2,5,10,12H2,(H,21,23)(H,22,24)/t17-/m1/s1. The molecule has 1 atom stereocenters. The van der Waals surface area contributed by atoms with Crippen molar-refractivity contribution in [1.82, 2.24) is 5.32 Å². The van der Waals surface area contributed by atoms with Crippen LogP contribution in [0.2, 0.25) is 0 Å². The van der Waals surface area contributed by atoms with E-state index in [1.807, 2.05) is 12.1 Å². The second kappa shape index (κ2) is 8.27. The van der Waals surface area contributed by atoms with E-state index < -0.39 is 0 Å². The third-order valence-corrected chi connectivity index (χ3v) is 4.53. The zero-order chi connectivity index (χ0) is 17.6. The second-order valence-corrected chi connectivity index (χ2v) is 6.80. The van der Waals surface area contributed by atoms with Gasteiger partial charge in [0.25, 0.3) is 11.8 Å². The first-order valence-corrected chi connectivity index (χ1v) is 8.98. The van der Waals surface area contributed by atoms with Crippen LogP contribution in [-0.4, -0.2) is 31.1 Å². The minimum atomic E-state index is -0.218. The first-order valence-electron chi connectivity index (χ1n) is 8.18. The molecule has 1 aliphatic rings. The fourth-order valence-electron chi connectivity index (χ4n) is 2.66. The summed E-state index contributed by atoms with van der Waals surface area (Å²) in [6.45, 7) is 1.27. The van der Waals surface area contributed by atoms with Gasteiger partial charge in [-0.3, -0.25) is 9.59 Å². The molecule has 2 N–H and O–H groups in total. The number of hydrogen-bond acceptors (Lipinski definition) is 3. The lowest BCUT2D eigenvalue weighted by atomic mass is 10.1. The van der Waals surface area contributed by atoms with Gasteiger partial charge in [0, 0.05) is 34.4 Å². The number of rotatable bonds is 5. The number of benzene rings is 2. The molecule has 2 aromatic rings. The van der Waals surface area contributed by atoms with Crippen LogP contribution in [0.5, 0.6) is 0 Å². The summed E-state index contributed by atoms with van der Waals surface area (Å²) in [4.78, 5) is 24.5. The van der Waals surface area contributed by atoms with Gasteiger partial charge in [0.05, 0.1) is 6.10 Å². The molecule has 0 unspecified atom stereocenters. The summed E-state index contributed by atoms with van der Waals surface area (Å²) < 4.78 is 6.41. The predicted octanol–water partition coefficient (Wildman–Crippen LogP) is 3.61. The van der Waals surface area contributed by atoms with Crippen LogP contribution >= 0.6 is 15.9 Å². The van der Waals surface area contributed by atoms with Crippen LogP contribution < -0.4 is 10.6 Å². The van der Waals surface area contributed by atoms with Crippen molar-refractivity contribution in [3.05, 3.63) is 64.1 Å². The van der Waals surface area contributed by atoms with Crippen molar-refractivity contribution in [1.29, 1.82) is 0 Å². The van der Waals surface area contributed by atoms with Crippen LogP contribution in [-0.2, 0) is 4.74 Å². The molecule has 1 heterocycles. The Balaban J connectivity index is 1.61. The van der Waals surface area contributed by atoms with Gasteiger partial charge >= 0.3 is 0 Å². The zero-order valence-corrected chi connectivity index (χ0v) is 15.2. The highest BCUT2D eigenvalue weighted by Gasteiger charge is 2.17. The van der Waals surface area contributed by atoms with Crippen molar-refractivity contribution in [3.63, 3.8) is 0 Å². The smallest absolute Gasteiger partial charge is 0.255 e. The molecule has 2 amide bonds. The summed E-state index contributed by atoms with van der Waals surface area (Å²) in [7, 11) is 0. The normalized spacial score (nSPS) is 16.4. The number of hydrogen-bond donors (Lipinski definition) is 2. The van der Waals surface area contributed by atoms with Gasteiger partial charge in [0.1, 0.15) is 0 Å². The predicted molar refractivity (Wildman–Crippen MR) is 99.8 cm³/mol. The molecule has 1 saturated heterocycles. The van der Waals surface area contributed by atoms with Crippen LogP contribution in [0.25, 0.3) is 0 Å². The second-order valence-electron chi connectivity index (χ2n) is 5.89. The highest BCUT2D eigenvalue weighted by atomic mass is 79.9. The molecule has 1 aliphatic heterocycles. The molecule has 0 aromatic heterocycles.